The monoisotopic (exact) mass is 163 g/mol. The van der Waals surface area contributed by atoms with E-state index in [2.05, 4.69) is 4.98 Å². The van der Waals surface area contributed by atoms with Gasteiger partial charge in [0.1, 0.15) is 12.0 Å². The summed E-state index contributed by atoms with van der Waals surface area (Å²) in [5, 5.41) is 8.89. The molecule has 12 heavy (non-hydrogen) atoms. The van der Waals surface area contributed by atoms with Gasteiger partial charge in [0.25, 0.3) is 0 Å². The van der Waals surface area contributed by atoms with Crippen LogP contribution in [0.4, 0.5) is 0 Å². The lowest BCUT2D eigenvalue weighted by molar-refractivity contribution is -0.107. The Morgan fingerprint density at radius 2 is 2.33 bits per heavy atom. The minimum absolute atomic E-state index is 0.141. The molecule has 0 amide bonds. The van der Waals surface area contributed by atoms with Crippen molar-refractivity contribution in [2.75, 3.05) is 0 Å². The first-order chi connectivity index (χ1) is 5.83. The van der Waals surface area contributed by atoms with Gasteiger partial charge in [-0.15, -0.1) is 0 Å². The van der Waals surface area contributed by atoms with Crippen LogP contribution in [0.5, 0.6) is 5.75 Å². The predicted molar refractivity (Wildman–Crippen MR) is 45.6 cm³/mol. The number of carbonyl (C=O) groups excluding carboxylic acids is 1. The van der Waals surface area contributed by atoms with Gasteiger partial charge in [-0.05, 0) is 18.2 Å². The number of rotatable bonds is 3. The molecule has 0 radical (unpaired) electrons. The van der Waals surface area contributed by atoms with E-state index in [4.69, 9.17) is 5.11 Å². The van der Waals surface area contributed by atoms with E-state index in [1.54, 1.807) is 24.3 Å². The summed E-state index contributed by atoms with van der Waals surface area (Å²) in [5.41, 5.74) is 0.731. The number of hydrogen-bond donors (Lipinski definition) is 1. The Bertz CT molecular complexity index is 277. The van der Waals surface area contributed by atoms with Gasteiger partial charge in [-0.2, -0.15) is 0 Å². The molecule has 1 rings (SSSR count). The number of pyridine rings is 1. The lowest BCUT2D eigenvalue weighted by Crippen LogP contribution is -1.77. The molecular formula is C9H9NO2. The van der Waals surface area contributed by atoms with Crippen molar-refractivity contribution in [2.45, 2.75) is 6.42 Å². The van der Waals surface area contributed by atoms with Crippen LogP contribution in [0.3, 0.4) is 0 Å². The van der Waals surface area contributed by atoms with Gasteiger partial charge in [0.2, 0.25) is 0 Å². The van der Waals surface area contributed by atoms with Crippen LogP contribution in [0.15, 0.2) is 24.4 Å². The summed E-state index contributed by atoms with van der Waals surface area (Å²) >= 11 is 0. The summed E-state index contributed by atoms with van der Waals surface area (Å²) in [6, 6.07) is 3.23. The maximum atomic E-state index is 9.94. The van der Waals surface area contributed by atoms with Crippen molar-refractivity contribution in [3.05, 3.63) is 30.1 Å². The number of nitrogens with zero attached hydrogens (tertiary/aromatic N) is 1. The van der Waals surface area contributed by atoms with E-state index >= 15 is 0 Å². The lowest BCUT2D eigenvalue weighted by Gasteiger charge is -1.91. The van der Waals surface area contributed by atoms with Crippen LogP contribution in [0.1, 0.15) is 12.1 Å². The number of allylic oxidation sites excluding steroid dienone is 1. The van der Waals surface area contributed by atoms with Gasteiger partial charge in [-0.1, -0.05) is 6.08 Å². The van der Waals surface area contributed by atoms with Crippen molar-refractivity contribution < 1.29 is 9.90 Å². The van der Waals surface area contributed by atoms with E-state index in [0.717, 1.165) is 12.0 Å². The molecule has 0 saturated carbocycles. The van der Waals surface area contributed by atoms with Gasteiger partial charge >= 0.3 is 0 Å². The molecule has 0 aliphatic carbocycles. The molecule has 62 valence electrons. The Hall–Kier alpha value is -1.64. The fourth-order valence-corrected chi connectivity index (χ4v) is 0.740. The van der Waals surface area contributed by atoms with Crippen LogP contribution in [0, 0.1) is 0 Å². The Balaban J connectivity index is 2.64. The van der Waals surface area contributed by atoms with Gasteiger partial charge in [-0.25, -0.2) is 0 Å². The number of aromatic hydroxyl groups is 1. The van der Waals surface area contributed by atoms with Crippen LogP contribution in [-0.4, -0.2) is 16.4 Å². The number of carbonyl (C=O) groups is 1. The third-order valence-corrected chi connectivity index (χ3v) is 1.29. The summed E-state index contributed by atoms with van der Waals surface area (Å²) in [5.74, 6) is 0.141. The highest BCUT2D eigenvalue weighted by Crippen LogP contribution is 2.06. The van der Waals surface area contributed by atoms with Gasteiger partial charge in [0, 0.05) is 6.42 Å². The lowest BCUT2D eigenvalue weighted by atomic mass is 10.3. The minimum atomic E-state index is 0.141. The largest absolute Gasteiger partial charge is 0.506 e. The molecule has 0 aliphatic heterocycles. The molecule has 0 spiro atoms. The first-order valence-corrected chi connectivity index (χ1v) is 3.58. The molecular weight excluding hydrogens is 154 g/mol. The second kappa shape index (κ2) is 4.28. The van der Waals surface area contributed by atoms with Gasteiger partial charge in [0.15, 0.2) is 0 Å². The van der Waals surface area contributed by atoms with Crippen LogP contribution in [0.2, 0.25) is 0 Å². The highest BCUT2D eigenvalue weighted by atomic mass is 16.3. The third kappa shape index (κ3) is 2.54. The molecule has 1 aromatic heterocycles. The van der Waals surface area contributed by atoms with Crippen LogP contribution in [-0.2, 0) is 4.79 Å². The molecule has 0 atom stereocenters. The van der Waals surface area contributed by atoms with E-state index < -0.39 is 0 Å². The normalized spacial score (nSPS) is 10.3. The maximum Gasteiger partial charge on any atom is 0.133 e. The highest BCUT2D eigenvalue weighted by Gasteiger charge is 1.87. The zero-order valence-electron chi connectivity index (χ0n) is 6.47. The van der Waals surface area contributed by atoms with E-state index in [-0.39, 0.29) is 5.75 Å². The molecule has 0 unspecified atom stereocenters. The summed E-state index contributed by atoms with van der Waals surface area (Å²) in [4.78, 5) is 13.8. The number of aldehydes is 1. The van der Waals surface area contributed by atoms with E-state index in [1.165, 1.54) is 6.20 Å². The Morgan fingerprint density at radius 3 is 2.92 bits per heavy atom. The average molecular weight is 163 g/mol. The van der Waals surface area contributed by atoms with Gasteiger partial charge in [0.05, 0.1) is 11.9 Å². The van der Waals surface area contributed by atoms with Gasteiger partial charge in [-0.3, -0.25) is 4.98 Å². The third-order valence-electron chi connectivity index (χ3n) is 1.29. The fraction of sp³-hybridized carbons (Fsp3) is 0.111. The van der Waals surface area contributed by atoms with Crippen molar-refractivity contribution in [2.24, 2.45) is 0 Å². The van der Waals surface area contributed by atoms with Crippen molar-refractivity contribution in [3.63, 3.8) is 0 Å². The van der Waals surface area contributed by atoms with Crippen molar-refractivity contribution in [3.8, 4) is 5.75 Å². The Morgan fingerprint density at radius 1 is 1.50 bits per heavy atom. The van der Waals surface area contributed by atoms with Gasteiger partial charge < -0.3 is 9.90 Å². The smallest absolute Gasteiger partial charge is 0.133 e. The first kappa shape index (κ1) is 8.46. The molecule has 1 aromatic rings. The van der Waals surface area contributed by atoms with E-state index in [0.29, 0.717) is 6.42 Å². The number of hydrogen-bond acceptors (Lipinski definition) is 3. The Kier molecular flexibility index (Phi) is 3.02. The van der Waals surface area contributed by atoms with Crippen molar-refractivity contribution >= 4 is 12.4 Å². The molecule has 3 nitrogen and oxygen atoms in total. The summed E-state index contributed by atoms with van der Waals surface area (Å²) in [6.07, 6.45) is 6.01. The highest BCUT2D eigenvalue weighted by molar-refractivity contribution is 5.56. The summed E-state index contributed by atoms with van der Waals surface area (Å²) in [7, 11) is 0. The minimum Gasteiger partial charge on any atom is -0.506 e. The standard InChI is InChI=1S/C9H9NO2/c11-6-2-1-3-8-4-5-9(12)7-10-8/h1,3-7,12H,2H2. The quantitative estimate of drug-likeness (QED) is 0.685. The molecule has 0 saturated heterocycles. The van der Waals surface area contributed by atoms with Crippen LogP contribution in [0.25, 0.3) is 6.08 Å². The topological polar surface area (TPSA) is 50.2 Å². The fourth-order valence-electron chi connectivity index (χ4n) is 0.740. The predicted octanol–water partition coefficient (Wildman–Crippen LogP) is 1.39. The van der Waals surface area contributed by atoms with Crippen LogP contribution >= 0.6 is 0 Å². The molecule has 0 aliphatic rings. The molecule has 0 fully saturated rings. The van der Waals surface area contributed by atoms with Crippen molar-refractivity contribution in [1.29, 1.82) is 0 Å². The second-order valence-corrected chi connectivity index (χ2v) is 2.25. The molecule has 0 bridgehead atoms. The maximum absolute atomic E-state index is 9.94. The second-order valence-electron chi connectivity index (χ2n) is 2.25. The SMILES string of the molecule is O=CCC=Cc1ccc(O)cn1. The number of aromatic nitrogens is 1. The Labute approximate surface area is 70.4 Å². The molecule has 1 heterocycles. The van der Waals surface area contributed by atoms with Crippen molar-refractivity contribution in [1.82, 2.24) is 4.98 Å². The molecule has 0 aromatic carbocycles. The zero-order valence-corrected chi connectivity index (χ0v) is 6.47. The molecule has 1 N–H and O–H groups in total. The van der Waals surface area contributed by atoms with Crippen LogP contribution < -0.4 is 0 Å². The first-order valence-electron chi connectivity index (χ1n) is 3.58. The zero-order chi connectivity index (χ0) is 8.81. The summed E-state index contributed by atoms with van der Waals surface area (Å²) < 4.78 is 0. The average Bonchev–Trinajstić information content (AvgIpc) is 2.09. The van der Waals surface area contributed by atoms with E-state index in [9.17, 15) is 4.79 Å². The van der Waals surface area contributed by atoms with E-state index in [1.807, 2.05) is 0 Å². The molecule has 3 heteroatoms. The summed E-state index contributed by atoms with van der Waals surface area (Å²) in [6.45, 7) is 0.